The van der Waals surface area contributed by atoms with Crippen molar-refractivity contribution in [3.05, 3.63) is 58.5 Å². The smallest absolute Gasteiger partial charge is 0.387 e. The maximum Gasteiger partial charge on any atom is 0.387 e. The summed E-state index contributed by atoms with van der Waals surface area (Å²) in [6, 6.07) is 7.92. The van der Waals surface area contributed by atoms with Crippen molar-refractivity contribution in [1.29, 1.82) is 5.53 Å². The molecule has 1 heterocycles. The predicted molar refractivity (Wildman–Crippen MR) is 94.1 cm³/mol. The average Bonchev–Trinajstić information content (AvgIpc) is 2.60. The van der Waals surface area contributed by atoms with E-state index in [9.17, 15) is 8.78 Å². The molecule has 0 spiro atoms. The number of pyridine rings is 1. The van der Waals surface area contributed by atoms with Gasteiger partial charge in [-0.1, -0.05) is 17.7 Å². The van der Waals surface area contributed by atoms with E-state index in [4.69, 9.17) is 21.9 Å². The van der Waals surface area contributed by atoms with Gasteiger partial charge in [0.15, 0.2) is 0 Å². The molecule has 1 aromatic heterocycles. The Labute approximate surface area is 154 Å². The molecule has 0 atom stereocenters. The largest absolute Gasteiger partial charge is 0.471 e. The van der Waals surface area contributed by atoms with Crippen molar-refractivity contribution in [1.82, 2.24) is 4.98 Å². The van der Waals surface area contributed by atoms with Crippen molar-refractivity contribution in [2.75, 3.05) is 11.9 Å². The second-order valence-electron chi connectivity index (χ2n) is 5.26. The van der Waals surface area contributed by atoms with Crippen LogP contribution < -0.4 is 14.8 Å². The summed E-state index contributed by atoms with van der Waals surface area (Å²) in [5, 5.41) is 6.26. The van der Waals surface area contributed by atoms with Crippen LogP contribution in [0, 0.1) is 19.4 Å². The molecule has 0 aliphatic rings. The Balaban J connectivity index is 2.02. The van der Waals surface area contributed by atoms with Crippen molar-refractivity contribution in [2.24, 2.45) is 5.11 Å². The maximum absolute atomic E-state index is 12.3. The lowest BCUT2D eigenvalue weighted by Gasteiger charge is -2.10. The lowest BCUT2D eigenvalue weighted by Crippen LogP contribution is -2.04. The molecule has 6 nitrogen and oxygen atoms in total. The molecule has 0 unspecified atom stereocenters. The van der Waals surface area contributed by atoms with Crippen LogP contribution in [0.5, 0.6) is 11.6 Å². The molecule has 0 aliphatic heterocycles. The molecule has 0 saturated carbocycles. The third-order valence-corrected chi connectivity index (χ3v) is 3.70. The van der Waals surface area contributed by atoms with Gasteiger partial charge in [-0.15, -0.1) is 0 Å². The van der Waals surface area contributed by atoms with E-state index in [1.807, 2.05) is 19.9 Å². The highest BCUT2D eigenvalue weighted by molar-refractivity contribution is 6.32. The molecule has 138 valence electrons. The fraction of sp³-hybridized carbons (Fsp3) is 0.235. The number of hydrogen-bond acceptors (Lipinski definition) is 6. The van der Waals surface area contributed by atoms with Crippen LogP contribution in [0.15, 0.2) is 47.3 Å². The first-order valence-corrected chi connectivity index (χ1v) is 7.91. The number of hydrogen-bond donors (Lipinski definition) is 2. The molecule has 2 rings (SSSR count). The molecule has 26 heavy (non-hydrogen) atoms. The van der Waals surface area contributed by atoms with Crippen LogP contribution in [0.25, 0.3) is 0 Å². The average molecular weight is 383 g/mol. The van der Waals surface area contributed by atoms with Crippen molar-refractivity contribution >= 4 is 17.3 Å². The monoisotopic (exact) mass is 382 g/mol. The van der Waals surface area contributed by atoms with Gasteiger partial charge >= 0.3 is 6.61 Å². The van der Waals surface area contributed by atoms with Crippen LogP contribution in [0.1, 0.15) is 11.3 Å². The van der Waals surface area contributed by atoms with E-state index < -0.39 is 6.61 Å². The highest BCUT2D eigenvalue weighted by Gasteiger charge is 2.09. The van der Waals surface area contributed by atoms with E-state index >= 15 is 0 Å². The lowest BCUT2D eigenvalue weighted by molar-refractivity contribution is -0.0497. The van der Waals surface area contributed by atoms with Gasteiger partial charge in [0.1, 0.15) is 18.1 Å². The molecule has 0 fully saturated rings. The normalized spacial score (nSPS) is 11.4. The van der Waals surface area contributed by atoms with Crippen molar-refractivity contribution < 1.29 is 18.3 Å². The van der Waals surface area contributed by atoms with Crippen LogP contribution in [-0.4, -0.2) is 18.2 Å². The molecule has 0 saturated heterocycles. The zero-order chi connectivity index (χ0) is 19.1. The minimum atomic E-state index is -2.98. The molecule has 0 bridgehead atoms. The van der Waals surface area contributed by atoms with E-state index in [-0.39, 0.29) is 23.1 Å². The molecular weight excluding hydrogens is 366 g/mol. The molecule has 2 N–H and O–H groups in total. The van der Waals surface area contributed by atoms with E-state index in [2.05, 4.69) is 20.2 Å². The second-order valence-corrected chi connectivity index (χ2v) is 5.66. The van der Waals surface area contributed by atoms with Crippen molar-refractivity contribution in [2.45, 2.75) is 20.5 Å². The first-order chi connectivity index (χ1) is 12.4. The summed E-state index contributed by atoms with van der Waals surface area (Å²) < 4.78 is 34.5. The molecule has 0 aliphatic carbocycles. The summed E-state index contributed by atoms with van der Waals surface area (Å²) in [5.41, 5.74) is 9.82. The Hall–Kier alpha value is -2.74. The van der Waals surface area contributed by atoms with E-state index in [1.165, 1.54) is 18.3 Å². The summed E-state index contributed by atoms with van der Waals surface area (Å²) in [5.74, 6) is 0.266. The van der Waals surface area contributed by atoms with Crippen LogP contribution >= 0.6 is 11.6 Å². The predicted octanol–water partition coefficient (Wildman–Crippen LogP) is 5.32. The fourth-order valence-corrected chi connectivity index (χ4v) is 2.05. The Bertz CT molecular complexity index is 815. The maximum atomic E-state index is 12.3. The number of benzene rings is 1. The molecular formula is C17H17ClF2N4O2. The topological polar surface area (TPSA) is 79.6 Å². The molecule has 9 heteroatoms. The zero-order valence-corrected chi connectivity index (χ0v) is 14.8. The van der Waals surface area contributed by atoms with Crippen LogP contribution in [0.4, 0.5) is 14.5 Å². The minimum absolute atomic E-state index is 0.0139. The molecule has 0 amide bonds. The summed E-state index contributed by atoms with van der Waals surface area (Å²) in [4.78, 5) is 4.27. The number of rotatable bonds is 8. The molecule has 2 aromatic rings. The zero-order valence-electron chi connectivity index (χ0n) is 14.1. The Morgan fingerprint density at radius 2 is 2.12 bits per heavy atom. The highest BCUT2D eigenvalue weighted by atomic mass is 35.5. The summed E-state index contributed by atoms with van der Waals surface area (Å²) in [6.45, 7) is 0.851. The van der Waals surface area contributed by atoms with Crippen LogP contribution in [0.3, 0.4) is 0 Å². The Morgan fingerprint density at radius 3 is 2.77 bits per heavy atom. The Morgan fingerprint density at radius 1 is 1.35 bits per heavy atom. The summed E-state index contributed by atoms with van der Waals surface area (Å²) >= 11 is 5.79. The number of aryl methyl sites for hydroxylation is 2. The standard InChI is InChI=1S/C17H17ClF2N4O2/c1-10-3-6-16(23-11(10)2)25-9-13(24-21)8-22-12-4-5-14(18)15(7-12)26-17(19)20/h3-8,17,21-22H,9H2,1-2H3/b13-8-,24-21?. The van der Waals surface area contributed by atoms with Gasteiger partial charge in [0, 0.05) is 29.7 Å². The number of ether oxygens (including phenoxy) is 2. The molecule has 0 radical (unpaired) electrons. The van der Waals surface area contributed by atoms with Crippen molar-refractivity contribution in [3.8, 4) is 11.6 Å². The van der Waals surface area contributed by atoms with Gasteiger partial charge in [-0.3, -0.25) is 0 Å². The SMILES string of the molecule is Cc1ccc(OC/C(=C/Nc2ccc(Cl)c(OC(F)F)c2)N=N)nc1C. The number of anilines is 1. The van der Waals surface area contributed by atoms with Gasteiger partial charge in [-0.2, -0.15) is 13.9 Å². The van der Waals surface area contributed by atoms with Gasteiger partial charge in [-0.25, -0.2) is 10.5 Å². The third kappa shape index (κ3) is 5.66. The third-order valence-electron chi connectivity index (χ3n) is 3.39. The first kappa shape index (κ1) is 19.6. The van der Waals surface area contributed by atoms with Gasteiger partial charge in [0.05, 0.1) is 5.02 Å². The minimum Gasteiger partial charge on any atom is -0.471 e. The van der Waals surface area contributed by atoms with E-state index in [0.29, 0.717) is 11.6 Å². The quantitative estimate of drug-likeness (QED) is 0.606. The van der Waals surface area contributed by atoms with E-state index in [1.54, 1.807) is 12.1 Å². The van der Waals surface area contributed by atoms with Gasteiger partial charge < -0.3 is 14.8 Å². The number of aromatic nitrogens is 1. The number of alkyl halides is 2. The summed E-state index contributed by atoms with van der Waals surface area (Å²) in [7, 11) is 0. The van der Waals surface area contributed by atoms with E-state index in [0.717, 1.165) is 11.3 Å². The number of nitrogens with zero attached hydrogens (tertiary/aromatic N) is 2. The fourth-order valence-electron chi connectivity index (χ4n) is 1.89. The Kier molecular flexibility index (Phi) is 6.85. The molecule has 1 aromatic carbocycles. The highest BCUT2D eigenvalue weighted by Crippen LogP contribution is 2.29. The van der Waals surface area contributed by atoms with Crippen molar-refractivity contribution in [3.63, 3.8) is 0 Å². The lowest BCUT2D eigenvalue weighted by atomic mass is 10.2. The van der Waals surface area contributed by atoms with Gasteiger partial charge in [-0.05, 0) is 31.5 Å². The number of nitrogens with one attached hydrogen (secondary N) is 2. The summed E-state index contributed by atoms with van der Waals surface area (Å²) in [6.07, 6.45) is 1.42. The van der Waals surface area contributed by atoms with Crippen LogP contribution in [-0.2, 0) is 0 Å². The second kappa shape index (κ2) is 9.10. The van der Waals surface area contributed by atoms with Gasteiger partial charge in [0.2, 0.25) is 5.88 Å². The van der Waals surface area contributed by atoms with Gasteiger partial charge in [0.25, 0.3) is 0 Å². The van der Waals surface area contributed by atoms with Crippen LogP contribution in [0.2, 0.25) is 5.02 Å². The first-order valence-electron chi connectivity index (χ1n) is 7.53. The number of halogens is 3.